The molecule has 26 heavy (non-hydrogen) atoms. The first-order valence-electron chi connectivity index (χ1n) is 9.12. The summed E-state index contributed by atoms with van der Waals surface area (Å²) in [4.78, 5) is 28.8. The number of likely N-dealkylation sites (tertiary alicyclic amines) is 1. The predicted molar refractivity (Wildman–Crippen MR) is 103 cm³/mol. The maximum Gasteiger partial charge on any atom is 0.260 e. The number of halogens is 1. The first-order valence-corrected chi connectivity index (χ1v) is 9.12. The lowest BCUT2D eigenvalue weighted by Crippen LogP contribution is -2.55. The Morgan fingerprint density at radius 3 is 2.50 bits per heavy atom. The monoisotopic (exact) mass is 381 g/mol. The summed E-state index contributed by atoms with van der Waals surface area (Å²) in [6.07, 6.45) is 1.49. The molecule has 1 aromatic carbocycles. The normalized spacial score (nSPS) is 21.0. The highest BCUT2D eigenvalue weighted by Crippen LogP contribution is 2.21. The van der Waals surface area contributed by atoms with E-state index in [1.54, 1.807) is 0 Å². The molecule has 2 saturated heterocycles. The van der Waals surface area contributed by atoms with Gasteiger partial charge in [0.05, 0.1) is 0 Å². The molecule has 2 amide bonds. The molecule has 2 fully saturated rings. The summed E-state index contributed by atoms with van der Waals surface area (Å²) >= 11 is 0. The van der Waals surface area contributed by atoms with Gasteiger partial charge in [-0.05, 0) is 31.9 Å². The zero-order valence-corrected chi connectivity index (χ0v) is 16.0. The van der Waals surface area contributed by atoms with Crippen LogP contribution in [0.4, 0.5) is 0 Å². The fourth-order valence-corrected chi connectivity index (χ4v) is 3.53. The molecule has 1 atom stereocenters. The summed E-state index contributed by atoms with van der Waals surface area (Å²) in [7, 11) is 0. The van der Waals surface area contributed by atoms with E-state index in [1.807, 2.05) is 40.1 Å². The average molecular weight is 382 g/mol. The Bertz CT molecular complexity index is 591. The van der Waals surface area contributed by atoms with Crippen LogP contribution in [0, 0.1) is 5.92 Å². The Labute approximate surface area is 161 Å². The summed E-state index contributed by atoms with van der Waals surface area (Å²) in [5, 5.41) is 3.31. The molecule has 2 aliphatic heterocycles. The topological polar surface area (TPSA) is 61.9 Å². The highest BCUT2D eigenvalue weighted by atomic mass is 35.5. The number of piperazine rings is 1. The number of para-hydroxylation sites is 1. The number of rotatable bonds is 4. The van der Waals surface area contributed by atoms with Crippen molar-refractivity contribution in [3.8, 4) is 5.75 Å². The number of piperidine rings is 1. The fourth-order valence-electron chi connectivity index (χ4n) is 3.53. The molecular formula is C19H28ClN3O3. The Morgan fingerprint density at radius 1 is 1.15 bits per heavy atom. The van der Waals surface area contributed by atoms with Crippen molar-refractivity contribution in [2.45, 2.75) is 25.8 Å². The molecular weight excluding hydrogens is 354 g/mol. The SMILES string of the molecule is C[C@@H]1CNCCN1C(=O)C1CCN(C(=O)COc2ccccc2)CC1.Cl. The van der Waals surface area contributed by atoms with Crippen molar-refractivity contribution < 1.29 is 14.3 Å². The van der Waals surface area contributed by atoms with Gasteiger partial charge in [-0.25, -0.2) is 0 Å². The number of hydrogen-bond acceptors (Lipinski definition) is 4. The van der Waals surface area contributed by atoms with E-state index in [0.29, 0.717) is 18.8 Å². The van der Waals surface area contributed by atoms with Crippen LogP contribution in [0.15, 0.2) is 30.3 Å². The molecule has 2 aliphatic rings. The number of benzene rings is 1. The van der Waals surface area contributed by atoms with Crippen molar-refractivity contribution in [2.75, 3.05) is 39.3 Å². The lowest BCUT2D eigenvalue weighted by Gasteiger charge is -2.39. The third-order valence-corrected chi connectivity index (χ3v) is 5.09. The highest BCUT2D eigenvalue weighted by Gasteiger charge is 2.32. The second-order valence-corrected chi connectivity index (χ2v) is 6.84. The van der Waals surface area contributed by atoms with Crippen molar-refractivity contribution in [2.24, 2.45) is 5.92 Å². The second-order valence-electron chi connectivity index (χ2n) is 6.84. The van der Waals surface area contributed by atoms with Crippen LogP contribution in [-0.4, -0.2) is 67.0 Å². The molecule has 6 nitrogen and oxygen atoms in total. The van der Waals surface area contributed by atoms with E-state index in [4.69, 9.17) is 4.74 Å². The van der Waals surface area contributed by atoms with Gasteiger partial charge in [0.2, 0.25) is 5.91 Å². The summed E-state index contributed by atoms with van der Waals surface area (Å²) in [6, 6.07) is 9.61. The van der Waals surface area contributed by atoms with E-state index in [-0.39, 0.29) is 42.8 Å². The third kappa shape index (κ3) is 5.11. The number of nitrogens with one attached hydrogen (secondary N) is 1. The Hall–Kier alpha value is -1.79. The van der Waals surface area contributed by atoms with Crippen LogP contribution in [0.2, 0.25) is 0 Å². The maximum absolute atomic E-state index is 12.7. The number of amides is 2. The minimum absolute atomic E-state index is 0. The van der Waals surface area contributed by atoms with E-state index < -0.39 is 0 Å². The summed E-state index contributed by atoms with van der Waals surface area (Å²) in [5.74, 6) is 0.986. The van der Waals surface area contributed by atoms with Crippen LogP contribution in [0.3, 0.4) is 0 Å². The van der Waals surface area contributed by atoms with Crippen molar-refractivity contribution in [1.82, 2.24) is 15.1 Å². The molecule has 0 spiro atoms. The van der Waals surface area contributed by atoms with Crippen LogP contribution in [0.5, 0.6) is 5.75 Å². The van der Waals surface area contributed by atoms with Crippen LogP contribution in [0.1, 0.15) is 19.8 Å². The lowest BCUT2D eigenvalue weighted by atomic mass is 9.94. The van der Waals surface area contributed by atoms with Crippen LogP contribution >= 0.6 is 12.4 Å². The minimum atomic E-state index is -0.00899. The Morgan fingerprint density at radius 2 is 1.85 bits per heavy atom. The van der Waals surface area contributed by atoms with Crippen LogP contribution in [-0.2, 0) is 9.59 Å². The second kappa shape index (κ2) is 9.78. The van der Waals surface area contributed by atoms with Crippen molar-refractivity contribution >= 4 is 24.2 Å². The Kier molecular flexibility index (Phi) is 7.72. The van der Waals surface area contributed by atoms with Gasteiger partial charge in [0, 0.05) is 44.7 Å². The number of ether oxygens (including phenoxy) is 1. The fraction of sp³-hybridized carbons (Fsp3) is 0.579. The molecule has 1 N–H and O–H groups in total. The van der Waals surface area contributed by atoms with Gasteiger partial charge in [0.25, 0.3) is 5.91 Å². The van der Waals surface area contributed by atoms with E-state index in [2.05, 4.69) is 12.2 Å². The van der Waals surface area contributed by atoms with Gasteiger partial charge < -0.3 is 19.9 Å². The van der Waals surface area contributed by atoms with Gasteiger partial charge in [-0.15, -0.1) is 12.4 Å². The number of nitrogens with zero attached hydrogens (tertiary/aromatic N) is 2. The van der Waals surface area contributed by atoms with E-state index in [0.717, 1.165) is 32.5 Å². The zero-order valence-electron chi connectivity index (χ0n) is 15.2. The third-order valence-electron chi connectivity index (χ3n) is 5.09. The minimum Gasteiger partial charge on any atom is -0.484 e. The van der Waals surface area contributed by atoms with E-state index in [1.165, 1.54) is 0 Å². The highest BCUT2D eigenvalue weighted by molar-refractivity contribution is 5.85. The first kappa shape index (κ1) is 20.5. The maximum atomic E-state index is 12.7. The summed E-state index contributed by atoms with van der Waals surface area (Å²) in [6.45, 7) is 5.91. The van der Waals surface area contributed by atoms with E-state index >= 15 is 0 Å². The molecule has 0 unspecified atom stereocenters. The van der Waals surface area contributed by atoms with Gasteiger partial charge in [-0.1, -0.05) is 18.2 Å². The molecule has 0 aromatic heterocycles. The summed E-state index contributed by atoms with van der Waals surface area (Å²) < 4.78 is 5.53. The standard InChI is InChI=1S/C19H27N3O3.ClH/c1-15-13-20-9-12-22(15)19(24)16-7-10-21(11-8-16)18(23)14-25-17-5-3-2-4-6-17;/h2-6,15-16,20H,7-14H2,1H3;1H/t15-;/m1./s1. The molecule has 144 valence electrons. The van der Waals surface area contributed by atoms with Crippen LogP contribution < -0.4 is 10.1 Å². The van der Waals surface area contributed by atoms with E-state index in [9.17, 15) is 9.59 Å². The van der Waals surface area contributed by atoms with Gasteiger partial charge >= 0.3 is 0 Å². The van der Waals surface area contributed by atoms with Crippen molar-refractivity contribution in [3.63, 3.8) is 0 Å². The quantitative estimate of drug-likeness (QED) is 0.859. The van der Waals surface area contributed by atoms with Crippen LogP contribution in [0.25, 0.3) is 0 Å². The number of hydrogen-bond donors (Lipinski definition) is 1. The molecule has 0 radical (unpaired) electrons. The Balaban J connectivity index is 0.00000243. The molecule has 2 heterocycles. The van der Waals surface area contributed by atoms with Gasteiger partial charge in [-0.3, -0.25) is 9.59 Å². The molecule has 0 bridgehead atoms. The van der Waals surface area contributed by atoms with Crippen molar-refractivity contribution in [3.05, 3.63) is 30.3 Å². The first-order chi connectivity index (χ1) is 12.1. The van der Waals surface area contributed by atoms with Crippen molar-refractivity contribution in [1.29, 1.82) is 0 Å². The lowest BCUT2D eigenvalue weighted by molar-refractivity contribution is -0.143. The number of carbonyl (C=O) groups is 2. The smallest absolute Gasteiger partial charge is 0.260 e. The molecule has 7 heteroatoms. The average Bonchev–Trinajstić information content (AvgIpc) is 2.67. The molecule has 0 saturated carbocycles. The van der Waals surface area contributed by atoms with Gasteiger partial charge in [0.1, 0.15) is 5.75 Å². The van der Waals surface area contributed by atoms with Gasteiger partial charge in [0.15, 0.2) is 6.61 Å². The molecule has 1 aromatic rings. The summed E-state index contributed by atoms with van der Waals surface area (Å²) in [5.41, 5.74) is 0. The molecule has 3 rings (SSSR count). The predicted octanol–water partition coefficient (Wildman–Crippen LogP) is 1.55. The van der Waals surface area contributed by atoms with Gasteiger partial charge in [-0.2, -0.15) is 0 Å². The number of carbonyl (C=O) groups excluding carboxylic acids is 2. The largest absolute Gasteiger partial charge is 0.484 e. The molecule has 0 aliphatic carbocycles. The zero-order chi connectivity index (χ0) is 17.6.